The van der Waals surface area contributed by atoms with Crippen LogP contribution in [0.15, 0.2) is 29.5 Å². The molecule has 1 amide bonds. The van der Waals surface area contributed by atoms with Gasteiger partial charge in [-0.05, 0) is 58.6 Å². The second-order valence-electron chi connectivity index (χ2n) is 8.05. The molecule has 1 saturated heterocycles. The second-order valence-corrected chi connectivity index (χ2v) is 8.05. The molecule has 0 atom stereocenters. The third-order valence-electron chi connectivity index (χ3n) is 4.34. The molecule has 29 heavy (non-hydrogen) atoms. The van der Waals surface area contributed by atoms with Gasteiger partial charge in [0.25, 0.3) is 0 Å². The molecule has 1 fully saturated rings. The monoisotopic (exact) mass is 517 g/mol. The van der Waals surface area contributed by atoms with E-state index in [0.717, 1.165) is 37.6 Å². The highest BCUT2D eigenvalue weighted by molar-refractivity contribution is 14.0. The van der Waals surface area contributed by atoms with Crippen LogP contribution in [-0.4, -0.2) is 65.2 Å². The van der Waals surface area contributed by atoms with Gasteiger partial charge in [-0.1, -0.05) is 6.07 Å². The topological polar surface area (TPSA) is 70.1 Å². The van der Waals surface area contributed by atoms with Gasteiger partial charge in [-0.25, -0.2) is 4.79 Å². The maximum Gasteiger partial charge on any atom is 0.410 e. The third kappa shape index (κ3) is 9.64. The summed E-state index contributed by atoms with van der Waals surface area (Å²) in [5.74, 6) is 0.982. The molecule has 1 aliphatic rings. The zero-order valence-corrected chi connectivity index (χ0v) is 20.5. The Hall–Kier alpha value is -1.58. The van der Waals surface area contributed by atoms with Crippen molar-refractivity contribution in [1.82, 2.24) is 20.1 Å². The fourth-order valence-corrected chi connectivity index (χ4v) is 3.07. The highest BCUT2D eigenvalue weighted by Gasteiger charge is 2.22. The van der Waals surface area contributed by atoms with Crippen molar-refractivity contribution < 1.29 is 9.53 Å². The fraction of sp³-hybridized carbons (Fsp3) is 0.667. The van der Waals surface area contributed by atoms with Crippen LogP contribution >= 0.6 is 24.0 Å². The number of guanidine groups is 1. The lowest BCUT2D eigenvalue weighted by atomic mass is 10.2. The maximum absolute atomic E-state index is 12.6. The number of nitrogens with one attached hydrogen (secondary N) is 1. The van der Waals surface area contributed by atoms with Gasteiger partial charge >= 0.3 is 6.09 Å². The predicted octanol–water partition coefficient (Wildman–Crippen LogP) is 3.89. The molecule has 1 aliphatic heterocycles. The smallest absolute Gasteiger partial charge is 0.410 e. The van der Waals surface area contributed by atoms with E-state index in [-0.39, 0.29) is 30.1 Å². The number of aromatic nitrogens is 1. The number of carbonyl (C=O) groups is 1. The number of carbonyl (C=O) groups excluding carboxylic acids is 1. The van der Waals surface area contributed by atoms with Gasteiger partial charge in [0.2, 0.25) is 0 Å². The van der Waals surface area contributed by atoms with Crippen LogP contribution in [0.25, 0.3) is 0 Å². The van der Waals surface area contributed by atoms with Crippen molar-refractivity contribution in [3.8, 4) is 0 Å². The van der Waals surface area contributed by atoms with E-state index in [1.807, 2.05) is 32.9 Å². The molecule has 0 saturated carbocycles. The summed E-state index contributed by atoms with van der Waals surface area (Å²) in [5.41, 5.74) is 0.471. The number of amides is 1. The van der Waals surface area contributed by atoms with Crippen molar-refractivity contribution in [1.29, 1.82) is 0 Å². The Bertz CT molecular complexity index is 628. The number of halogens is 1. The summed E-state index contributed by atoms with van der Waals surface area (Å²) in [5, 5.41) is 3.37. The summed E-state index contributed by atoms with van der Waals surface area (Å²) in [7, 11) is 0. The largest absolute Gasteiger partial charge is 0.444 e. The minimum atomic E-state index is -0.517. The number of hydrogen-bond donors (Lipinski definition) is 1. The number of nitrogens with zero attached hydrogens (tertiary/aromatic N) is 4. The van der Waals surface area contributed by atoms with Crippen molar-refractivity contribution in [2.45, 2.75) is 59.1 Å². The van der Waals surface area contributed by atoms with E-state index in [1.165, 1.54) is 12.8 Å². The molecule has 0 bridgehead atoms. The summed E-state index contributed by atoms with van der Waals surface area (Å²) < 4.78 is 5.58. The second kappa shape index (κ2) is 12.9. The lowest BCUT2D eigenvalue weighted by molar-refractivity contribution is 0.0232. The molecule has 0 spiro atoms. The van der Waals surface area contributed by atoms with E-state index in [2.05, 4.69) is 22.1 Å². The molecule has 2 heterocycles. The van der Waals surface area contributed by atoms with Crippen LogP contribution in [0.1, 0.15) is 52.5 Å². The average Bonchev–Trinajstić information content (AvgIpc) is 3.17. The van der Waals surface area contributed by atoms with Crippen molar-refractivity contribution in [3.63, 3.8) is 0 Å². The SMILES string of the molecule is CCNC(=NCCCN(Cc1cccnc1)C(=O)OC(C)(C)C)N1CCCC1.I. The molecular weight excluding hydrogens is 481 g/mol. The zero-order chi connectivity index (χ0) is 20.4. The number of likely N-dealkylation sites (tertiary alicyclic amines) is 1. The first-order chi connectivity index (χ1) is 13.4. The summed E-state index contributed by atoms with van der Waals surface area (Å²) in [4.78, 5) is 25.6. The van der Waals surface area contributed by atoms with Gasteiger partial charge in [0.05, 0.1) is 6.54 Å². The Morgan fingerprint density at radius 2 is 2.07 bits per heavy atom. The predicted molar refractivity (Wildman–Crippen MR) is 128 cm³/mol. The van der Waals surface area contributed by atoms with Gasteiger partial charge in [-0.2, -0.15) is 0 Å². The first-order valence-corrected chi connectivity index (χ1v) is 10.3. The highest BCUT2D eigenvalue weighted by atomic mass is 127. The first-order valence-electron chi connectivity index (χ1n) is 10.3. The van der Waals surface area contributed by atoms with Gasteiger partial charge in [-0.3, -0.25) is 9.98 Å². The van der Waals surface area contributed by atoms with Crippen molar-refractivity contribution >= 4 is 36.0 Å². The molecule has 1 aromatic rings. The van der Waals surface area contributed by atoms with E-state index < -0.39 is 5.60 Å². The molecule has 8 heteroatoms. The minimum absolute atomic E-state index is 0. The normalized spacial score (nSPS) is 14.3. The lowest BCUT2D eigenvalue weighted by Gasteiger charge is -2.27. The van der Waals surface area contributed by atoms with Crippen LogP contribution in [0.5, 0.6) is 0 Å². The maximum atomic E-state index is 12.6. The van der Waals surface area contributed by atoms with Gasteiger partial charge in [0.1, 0.15) is 5.60 Å². The van der Waals surface area contributed by atoms with Gasteiger partial charge in [0.15, 0.2) is 5.96 Å². The lowest BCUT2D eigenvalue weighted by Crippen LogP contribution is -2.40. The molecule has 7 nitrogen and oxygen atoms in total. The van der Waals surface area contributed by atoms with Crippen LogP contribution in [0, 0.1) is 0 Å². The average molecular weight is 517 g/mol. The van der Waals surface area contributed by atoms with E-state index in [9.17, 15) is 4.79 Å². The van der Waals surface area contributed by atoms with E-state index in [1.54, 1.807) is 17.3 Å². The first kappa shape index (κ1) is 25.5. The standard InChI is InChI=1S/C21H35N5O2.HI/c1-5-23-19(25-13-6-7-14-25)24-12-9-15-26(20(27)28-21(2,3)4)17-18-10-8-11-22-16-18;/h8,10-11,16H,5-7,9,12-15,17H2,1-4H3,(H,23,24);1H. The molecule has 164 valence electrons. The molecule has 0 unspecified atom stereocenters. The van der Waals surface area contributed by atoms with Crippen LogP contribution in [0.4, 0.5) is 4.79 Å². The highest BCUT2D eigenvalue weighted by Crippen LogP contribution is 2.13. The summed E-state index contributed by atoms with van der Waals surface area (Å²) in [6.45, 7) is 12.5. The Kier molecular flexibility index (Phi) is 11.3. The van der Waals surface area contributed by atoms with Crippen LogP contribution in [-0.2, 0) is 11.3 Å². The summed E-state index contributed by atoms with van der Waals surface area (Å²) in [6.07, 6.45) is 6.45. The minimum Gasteiger partial charge on any atom is -0.444 e. The Labute approximate surface area is 192 Å². The van der Waals surface area contributed by atoms with Gasteiger partial charge in [-0.15, -0.1) is 24.0 Å². The zero-order valence-electron chi connectivity index (χ0n) is 18.2. The summed E-state index contributed by atoms with van der Waals surface area (Å²) >= 11 is 0. The number of ether oxygens (including phenoxy) is 1. The fourth-order valence-electron chi connectivity index (χ4n) is 3.07. The molecule has 0 aliphatic carbocycles. The quantitative estimate of drug-likeness (QED) is 0.257. The number of aliphatic imine (C=N–C) groups is 1. The number of rotatable bonds is 7. The molecule has 1 N–H and O–H groups in total. The molecular formula is C21H36IN5O2. The number of hydrogen-bond acceptors (Lipinski definition) is 4. The van der Waals surface area contributed by atoms with Crippen molar-refractivity contribution in [3.05, 3.63) is 30.1 Å². The van der Waals surface area contributed by atoms with Gasteiger partial charge in [0, 0.05) is 45.1 Å². The van der Waals surface area contributed by atoms with Crippen LogP contribution in [0.2, 0.25) is 0 Å². The Balaban J connectivity index is 0.00000420. The molecule has 2 rings (SSSR count). The van der Waals surface area contributed by atoms with E-state index in [4.69, 9.17) is 9.73 Å². The van der Waals surface area contributed by atoms with Gasteiger partial charge < -0.3 is 19.9 Å². The molecule has 1 aromatic heterocycles. The molecule has 0 radical (unpaired) electrons. The molecule has 0 aromatic carbocycles. The van der Waals surface area contributed by atoms with E-state index in [0.29, 0.717) is 19.6 Å². The van der Waals surface area contributed by atoms with Crippen molar-refractivity contribution in [2.24, 2.45) is 4.99 Å². The Morgan fingerprint density at radius 1 is 1.34 bits per heavy atom. The number of pyridine rings is 1. The van der Waals surface area contributed by atoms with Crippen molar-refractivity contribution in [2.75, 3.05) is 32.7 Å². The van der Waals surface area contributed by atoms with E-state index >= 15 is 0 Å². The van der Waals surface area contributed by atoms with Crippen LogP contribution in [0.3, 0.4) is 0 Å². The third-order valence-corrected chi connectivity index (χ3v) is 4.34. The summed E-state index contributed by atoms with van der Waals surface area (Å²) in [6, 6.07) is 3.85. The Morgan fingerprint density at radius 3 is 2.66 bits per heavy atom. The van der Waals surface area contributed by atoms with Crippen LogP contribution < -0.4 is 5.32 Å².